The molecule has 6 heteroatoms. The van der Waals surface area contributed by atoms with Crippen molar-refractivity contribution in [3.05, 3.63) is 28.1 Å². The maximum atomic E-state index is 13.5. The summed E-state index contributed by atoms with van der Waals surface area (Å²) in [7, 11) is 0. The summed E-state index contributed by atoms with van der Waals surface area (Å²) in [5, 5.41) is 13.4. The molecule has 0 aliphatic heterocycles. The lowest BCUT2D eigenvalue weighted by molar-refractivity contribution is 0.436. The highest BCUT2D eigenvalue weighted by Gasteiger charge is 2.19. The molecule has 0 saturated carbocycles. The van der Waals surface area contributed by atoms with Gasteiger partial charge in [0.05, 0.1) is 16.2 Å². The lowest BCUT2D eigenvalue weighted by Gasteiger charge is -2.09. The Morgan fingerprint density at radius 1 is 1.56 bits per heavy atom. The van der Waals surface area contributed by atoms with Gasteiger partial charge in [-0.3, -0.25) is 0 Å². The highest BCUT2D eigenvalue weighted by Crippen LogP contribution is 2.41. The van der Waals surface area contributed by atoms with Gasteiger partial charge in [0, 0.05) is 5.56 Å². The van der Waals surface area contributed by atoms with Gasteiger partial charge >= 0.3 is 0 Å². The zero-order chi connectivity index (χ0) is 11.9. The van der Waals surface area contributed by atoms with Crippen molar-refractivity contribution in [2.75, 3.05) is 5.73 Å². The predicted octanol–water partition coefficient (Wildman–Crippen LogP) is 2.84. The third-order valence-corrected chi connectivity index (χ3v) is 2.92. The van der Waals surface area contributed by atoms with Gasteiger partial charge < -0.3 is 15.4 Å². The predicted molar refractivity (Wildman–Crippen MR) is 60.4 cm³/mol. The van der Waals surface area contributed by atoms with Crippen LogP contribution in [-0.4, -0.2) is 10.3 Å². The number of hydrogen-bond acceptors (Lipinski definition) is 4. The van der Waals surface area contributed by atoms with Gasteiger partial charge in [-0.2, -0.15) is 0 Å². The summed E-state index contributed by atoms with van der Waals surface area (Å²) >= 11 is 3.06. The number of aromatic nitrogens is 1. The van der Waals surface area contributed by atoms with Crippen molar-refractivity contribution < 1.29 is 14.0 Å². The van der Waals surface area contributed by atoms with Crippen LogP contribution in [0.5, 0.6) is 5.75 Å². The Kier molecular flexibility index (Phi) is 2.59. The molecule has 0 spiro atoms. The second-order valence-electron chi connectivity index (χ2n) is 3.29. The van der Waals surface area contributed by atoms with Gasteiger partial charge in [0.15, 0.2) is 0 Å². The maximum absolute atomic E-state index is 13.5. The smallest absolute Gasteiger partial charge is 0.230 e. The van der Waals surface area contributed by atoms with Crippen molar-refractivity contribution in [2.24, 2.45) is 0 Å². The summed E-state index contributed by atoms with van der Waals surface area (Å²) in [6.07, 6.45) is 1.34. The number of nitrogens with two attached hydrogens (primary N) is 1. The number of benzene rings is 1. The fraction of sp³-hybridized carbons (Fsp3) is 0.100. The first-order chi connectivity index (χ1) is 7.52. The summed E-state index contributed by atoms with van der Waals surface area (Å²) in [6, 6.07) is 1.19. The minimum Gasteiger partial charge on any atom is -0.506 e. The van der Waals surface area contributed by atoms with Crippen LogP contribution in [0.2, 0.25) is 0 Å². The molecule has 4 nitrogen and oxygen atoms in total. The Morgan fingerprint density at radius 3 is 2.81 bits per heavy atom. The number of phenols is 1. The Hall–Kier alpha value is -1.56. The van der Waals surface area contributed by atoms with E-state index in [1.165, 1.54) is 12.3 Å². The molecule has 16 heavy (non-hydrogen) atoms. The standard InChI is InChI=1S/C10H8BrFN2O2/c1-4-7(12)2-6(11)9(15)8(4)5-3-14-16-10(5)13/h2-3,15H,13H2,1H3. The molecule has 0 fully saturated rings. The summed E-state index contributed by atoms with van der Waals surface area (Å²) in [5.41, 5.74) is 6.47. The van der Waals surface area contributed by atoms with Crippen LogP contribution in [0.25, 0.3) is 11.1 Å². The largest absolute Gasteiger partial charge is 0.506 e. The van der Waals surface area contributed by atoms with Crippen molar-refractivity contribution >= 4 is 21.8 Å². The number of aromatic hydroxyl groups is 1. The number of phenolic OH excluding ortho intramolecular Hbond substituents is 1. The van der Waals surface area contributed by atoms with Crippen LogP contribution in [0.4, 0.5) is 10.3 Å². The molecule has 0 bridgehead atoms. The topological polar surface area (TPSA) is 72.3 Å². The average Bonchev–Trinajstić information content (AvgIpc) is 2.63. The van der Waals surface area contributed by atoms with E-state index in [-0.39, 0.29) is 27.2 Å². The number of nitrogen functional groups attached to an aromatic ring is 1. The monoisotopic (exact) mass is 286 g/mol. The maximum Gasteiger partial charge on any atom is 0.230 e. The number of hydrogen-bond donors (Lipinski definition) is 2. The highest BCUT2D eigenvalue weighted by molar-refractivity contribution is 9.10. The van der Waals surface area contributed by atoms with Crippen molar-refractivity contribution in [2.45, 2.75) is 6.92 Å². The minimum absolute atomic E-state index is 0.0379. The van der Waals surface area contributed by atoms with E-state index in [9.17, 15) is 9.50 Å². The zero-order valence-corrected chi connectivity index (χ0v) is 9.88. The van der Waals surface area contributed by atoms with Crippen LogP contribution < -0.4 is 5.73 Å². The molecule has 1 aromatic carbocycles. The zero-order valence-electron chi connectivity index (χ0n) is 8.29. The Balaban J connectivity index is 2.79. The van der Waals surface area contributed by atoms with Gasteiger partial charge in [0.1, 0.15) is 11.6 Å². The Labute approximate surface area is 99.0 Å². The number of nitrogens with zero attached hydrogens (tertiary/aromatic N) is 1. The van der Waals surface area contributed by atoms with Crippen molar-refractivity contribution in [3.63, 3.8) is 0 Å². The van der Waals surface area contributed by atoms with Gasteiger partial charge in [0.2, 0.25) is 5.88 Å². The van der Waals surface area contributed by atoms with Crippen LogP contribution >= 0.6 is 15.9 Å². The number of anilines is 1. The molecule has 3 N–H and O–H groups in total. The average molecular weight is 287 g/mol. The summed E-state index contributed by atoms with van der Waals surface area (Å²) < 4.78 is 18.5. The van der Waals surface area contributed by atoms with Crippen LogP contribution in [0.15, 0.2) is 21.3 Å². The molecule has 0 atom stereocenters. The van der Waals surface area contributed by atoms with E-state index in [1.54, 1.807) is 6.92 Å². The molecule has 2 aromatic rings. The fourth-order valence-corrected chi connectivity index (χ4v) is 1.87. The lowest BCUT2D eigenvalue weighted by atomic mass is 10.0. The van der Waals surface area contributed by atoms with Crippen LogP contribution in [0.3, 0.4) is 0 Å². The van der Waals surface area contributed by atoms with E-state index in [2.05, 4.69) is 25.6 Å². The molecule has 0 aliphatic carbocycles. The number of rotatable bonds is 1. The first-order valence-electron chi connectivity index (χ1n) is 4.40. The molecule has 0 unspecified atom stereocenters. The summed E-state index contributed by atoms with van der Waals surface area (Å²) in [5.74, 6) is -0.495. The number of halogens is 2. The molecular weight excluding hydrogens is 279 g/mol. The second kappa shape index (κ2) is 3.79. The SMILES string of the molecule is Cc1c(F)cc(Br)c(O)c1-c1cnoc1N. The molecule has 0 aliphatic rings. The van der Waals surface area contributed by atoms with Gasteiger partial charge in [-0.05, 0) is 34.5 Å². The van der Waals surface area contributed by atoms with E-state index in [1.807, 2.05) is 0 Å². The third-order valence-electron chi connectivity index (χ3n) is 2.32. The van der Waals surface area contributed by atoms with Gasteiger partial charge in [0.25, 0.3) is 0 Å². The molecule has 1 aromatic heterocycles. The van der Waals surface area contributed by atoms with Crippen LogP contribution in [-0.2, 0) is 0 Å². The first kappa shape index (κ1) is 10.9. The van der Waals surface area contributed by atoms with Gasteiger partial charge in [-0.25, -0.2) is 4.39 Å². The van der Waals surface area contributed by atoms with Crippen molar-refractivity contribution in [1.29, 1.82) is 0 Å². The molecule has 0 amide bonds. The van der Waals surface area contributed by atoms with Crippen molar-refractivity contribution in [1.82, 2.24) is 5.16 Å². The first-order valence-corrected chi connectivity index (χ1v) is 5.19. The normalized spacial score (nSPS) is 10.7. The quantitative estimate of drug-likeness (QED) is 0.846. The molecule has 0 radical (unpaired) electrons. The van der Waals surface area contributed by atoms with Gasteiger partial charge in [-0.1, -0.05) is 5.16 Å². The molecule has 1 heterocycles. The van der Waals surface area contributed by atoms with Crippen LogP contribution in [0.1, 0.15) is 5.56 Å². The highest BCUT2D eigenvalue weighted by atomic mass is 79.9. The van der Waals surface area contributed by atoms with Gasteiger partial charge in [-0.15, -0.1) is 0 Å². The van der Waals surface area contributed by atoms with E-state index in [4.69, 9.17) is 5.73 Å². The van der Waals surface area contributed by atoms with E-state index >= 15 is 0 Å². The summed E-state index contributed by atoms with van der Waals surface area (Å²) in [4.78, 5) is 0. The molecule has 0 saturated heterocycles. The minimum atomic E-state index is -0.444. The second-order valence-corrected chi connectivity index (χ2v) is 4.15. The molecular formula is C10H8BrFN2O2. The lowest BCUT2D eigenvalue weighted by Crippen LogP contribution is -1.92. The van der Waals surface area contributed by atoms with E-state index in [0.717, 1.165) is 0 Å². The van der Waals surface area contributed by atoms with Crippen LogP contribution in [0, 0.1) is 12.7 Å². The van der Waals surface area contributed by atoms with E-state index in [0.29, 0.717) is 5.56 Å². The Bertz CT molecular complexity index is 528. The fourth-order valence-electron chi connectivity index (χ4n) is 1.47. The third kappa shape index (κ3) is 1.55. The molecule has 2 rings (SSSR count). The molecule has 84 valence electrons. The summed E-state index contributed by atoms with van der Waals surface area (Å²) in [6.45, 7) is 1.54. The Morgan fingerprint density at radius 2 is 2.25 bits per heavy atom. The van der Waals surface area contributed by atoms with E-state index < -0.39 is 5.82 Å². The van der Waals surface area contributed by atoms with Crippen molar-refractivity contribution in [3.8, 4) is 16.9 Å².